The van der Waals surface area contributed by atoms with Gasteiger partial charge in [0.2, 0.25) is 0 Å². The smallest absolute Gasteiger partial charge is 0.114 e. The van der Waals surface area contributed by atoms with Gasteiger partial charge in [-0.15, -0.1) is 23.2 Å². The minimum atomic E-state index is -0.532. The van der Waals surface area contributed by atoms with Gasteiger partial charge in [0.05, 0.1) is 8.99 Å². The molecule has 4 rings (SSSR count). The van der Waals surface area contributed by atoms with Gasteiger partial charge in [0.15, 0.2) is 0 Å². The van der Waals surface area contributed by atoms with Gasteiger partial charge in [-0.3, -0.25) is 0 Å². The minimum absolute atomic E-state index is 0. The van der Waals surface area contributed by atoms with Crippen LogP contribution < -0.4 is 0 Å². The fourth-order valence-electron chi connectivity index (χ4n) is 4.93. The quantitative estimate of drug-likeness (QED) is 0.305. The van der Waals surface area contributed by atoms with E-state index in [1.807, 2.05) is 0 Å². The average Bonchev–Trinajstić information content (AvgIpc) is 3.01. The van der Waals surface area contributed by atoms with Crippen LogP contribution in [0.15, 0.2) is 59.7 Å². The number of hydrogen-bond acceptors (Lipinski definition) is 0. The molecule has 28 heavy (non-hydrogen) atoms. The Bertz CT molecular complexity index is 914. The molecule has 0 saturated carbocycles. The largest absolute Gasteiger partial charge is 0.118 e. The average molecular weight is 503 g/mol. The van der Waals surface area contributed by atoms with Crippen LogP contribution in [0, 0.1) is 0 Å². The Morgan fingerprint density at radius 3 is 1.43 bits per heavy atom. The Labute approximate surface area is 200 Å². The van der Waals surface area contributed by atoms with Crippen LogP contribution in [-0.2, 0) is 35.2 Å². The molecule has 0 nitrogen and oxygen atoms in total. The molecule has 2 aromatic rings. The van der Waals surface area contributed by atoms with Crippen LogP contribution in [0.4, 0.5) is 0 Å². The van der Waals surface area contributed by atoms with Crippen LogP contribution in [0.3, 0.4) is 0 Å². The van der Waals surface area contributed by atoms with Crippen molar-refractivity contribution in [2.24, 2.45) is 0 Å². The molecule has 0 bridgehead atoms. The topological polar surface area (TPSA) is 0 Å². The van der Waals surface area contributed by atoms with E-state index in [9.17, 15) is 0 Å². The molecule has 4 heteroatoms. The van der Waals surface area contributed by atoms with E-state index in [0.717, 1.165) is 12.8 Å². The molecule has 2 aliphatic carbocycles. The summed E-state index contributed by atoms with van der Waals surface area (Å²) in [6.45, 7) is 8.82. The van der Waals surface area contributed by atoms with E-state index in [1.165, 1.54) is 44.5 Å². The van der Waals surface area contributed by atoms with Crippen molar-refractivity contribution in [3.05, 3.63) is 81.9 Å². The first kappa shape index (κ1) is 22.3. The second kappa shape index (κ2) is 8.03. The maximum absolute atomic E-state index is 7.52. The minimum Gasteiger partial charge on any atom is -0.114 e. The second-order valence-corrected chi connectivity index (χ2v) is 11.0. The summed E-state index contributed by atoms with van der Waals surface area (Å²) in [7, 11) is 0.341. The molecule has 0 aromatic heterocycles. The first-order chi connectivity index (χ1) is 12.9. The van der Waals surface area contributed by atoms with Gasteiger partial charge in [-0.25, -0.2) is 0 Å². The summed E-state index contributed by atoms with van der Waals surface area (Å²) < 4.78 is -1.06. The van der Waals surface area contributed by atoms with Crippen molar-refractivity contribution in [2.75, 3.05) is 0 Å². The first-order valence-electron chi connectivity index (χ1n) is 9.65. The predicted molar refractivity (Wildman–Crippen MR) is 119 cm³/mol. The van der Waals surface area contributed by atoms with E-state index in [0.29, 0.717) is 9.52 Å². The normalized spacial score (nSPS) is 25.6. The fourth-order valence-corrected chi connectivity index (χ4v) is 9.01. The number of benzene rings is 2. The van der Waals surface area contributed by atoms with Crippen LogP contribution in [0.2, 0.25) is 0 Å². The standard InChI is InChI=1S/C24H24Cl2Si.Zr/c1-5-19-15(3)17-11-7-9-13-21(17)23(19,25)27-24(26)20(6-2)16(4)18-12-8-10-14-22(18)24;/h7-14H,5-6H2,1-4H3;. The Morgan fingerprint density at radius 2 is 1.07 bits per heavy atom. The molecule has 2 radical (unpaired) electrons. The molecule has 2 unspecified atom stereocenters. The number of hydrogen-bond donors (Lipinski definition) is 0. The summed E-state index contributed by atoms with van der Waals surface area (Å²) in [4.78, 5) is 0. The zero-order valence-electron chi connectivity index (χ0n) is 16.8. The van der Waals surface area contributed by atoms with Gasteiger partial charge < -0.3 is 0 Å². The van der Waals surface area contributed by atoms with Gasteiger partial charge in [0, 0.05) is 26.2 Å². The van der Waals surface area contributed by atoms with Gasteiger partial charge in [0.25, 0.3) is 0 Å². The number of fused-ring (bicyclic) bond motifs is 2. The van der Waals surface area contributed by atoms with Crippen LogP contribution in [0.1, 0.15) is 62.8 Å². The monoisotopic (exact) mass is 500 g/mol. The summed E-state index contributed by atoms with van der Waals surface area (Å²) in [5.74, 6) is 0. The van der Waals surface area contributed by atoms with Crippen molar-refractivity contribution in [1.82, 2.24) is 0 Å². The molecule has 2 aromatic carbocycles. The molecule has 0 aliphatic heterocycles. The van der Waals surface area contributed by atoms with E-state index in [2.05, 4.69) is 76.2 Å². The number of alkyl halides is 2. The summed E-state index contributed by atoms with van der Waals surface area (Å²) >= 11 is 15.0. The molecule has 0 N–H and O–H groups in total. The molecule has 0 heterocycles. The van der Waals surface area contributed by atoms with Crippen molar-refractivity contribution in [1.29, 1.82) is 0 Å². The molecule has 2 atom stereocenters. The third kappa shape index (κ3) is 3.02. The summed E-state index contributed by atoms with van der Waals surface area (Å²) in [5.41, 5.74) is 10.3. The third-order valence-electron chi connectivity index (χ3n) is 6.19. The molecule has 0 spiro atoms. The van der Waals surface area contributed by atoms with Crippen molar-refractivity contribution in [3.8, 4) is 0 Å². The van der Waals surface area contributed by atoms with Crippen LogP contribution in [0.25, 0.3) is 11.1 Å². The number of rotatable bonds is 4. The van der Waals surface area contributed by atoms with E-state index < -0.39 is 8.99 Å². The summed E-state index contributed by atoms with van der Waals surface area (Å²) in [6.07, 6.45) is 1.88. The van der Waals surface area contributed by atoms with Crippen LogP contribution in [0.5, 0.6) is 0 Å². The molecule has 2 aliphatic rings. The fraction of sp³-hybridized carbons (Fsp3) is 0.333. The van der Waals surface area contributed by atoms with Crippen molar-refractivity contribution < 1.29 is 26.2 Å². The Kier molecular flexibility index (Phi) is 6.39. The zero-order chi connectivity index (χ0) is 19.4. The maximum atomic E-state index is 7.52. The Morgan fingerprint density at radius 1 is 0.714 bits per heavy atom. The zero-order valence-corrected chi connectivity index (χ0v) is 21.8. The molecular formula is C24H24Cl2SiZr. The molecule has 142 valence electrons. The Balaban J connectivity index is 0.00000225. The first-order valence-corrected chi connectivity index (χ1v) is 11.4. The van der Waals surface area contributed by atoms with Gasteiger partial charge in [-0.05, 0) is 71.2 Å². The molecular weight excluding hydrogens is 478 g/mol. The third-order valence-corrected chi connectivity index (χ3v) is 9.45. The van der Waals surface area contributed by atoms with E-state index in [4.69, 9.17) is 23.2 Å². The van der Waals surface area contributed by atoms with Crippen molar-refractivity contribution in [2.45, 2.75) is 49.5 Å². The van der Waals surface area contributed by atoms with Crippen LogP contribution >= 0.6 is 23.2 Å². The SMILES string of the molecule is CCC1=C(C)c2ccccc2C1(Cl)[Si]C1(Cl)C(CC)=C(C)c2ccccc21.[Zr]. The van der Waals surface area contributed by atoms with E-state index in [1.54, 1.807) is 0 Å². The van der Waals surface area contributed by atoms with Gasteiger partial charge >= 0.3 is 0 Å². The Hall–Kier alpha value is -0.400. The number of halogens is 2. The maximum Gasteiger partial charge on any atom is 0.118 e. The molecule has 0 amide bonds. The molecule has 0 fully saturated rings. The second-order valence-electron chi connectivity index (χ2n) is 7.45. The summed E-state index contributed by atoms with van der Waals surface area (Å²) in [5, 5.41) is 0. The summed E-state index contributed by atoms with van der Waals surface area (Å²) in [6, 6.07) is 17.2. The van der Waals surface area contributed by atoms with Gasteiger partial charge in [-0.1, -0.05) is 62.4 Å². The van der Waals surface area contributed by atoms with E-state index in [-0.39, 0.29) is 26.2 Å². The van der Waals surface area contributed by atoms with E-state index >= 15 is 0 Å². The number of allylic oxidation sites excluding steroid dienone is 4. The molecule has 0 saturated heterocycles. The van der Waals surface area contributed by atoms with Gasteiger partial charge in [-0.2, -0.15) is 0 Å². The van der Waals surface area contributed by atoms with Crippen LogP contribution in [-0.4, -0.2) is 9.52 Å². The van der Waals surface area contributed by atoms with Crippen molar-refractivity contribution >= 4 is 43.9 Å². The van der Waals surface area contributed by atoms with Gasteiger partial charge in [0.1, 0.15) is 9.52 Å². The predicted octanol–water partition coefficient (Wildman–Crippen LogP) is 7.27. The van der Waals surface area contributed by atoms with Crippen molar-refractivity contribution in [3.63, 3.8) is 0 Å².